The predicted molar refractivity (Wildman–Crippen MR) is 71.4 cm³/mol. The maximum Gasteiger partial charge on any atom is 0.227 e. The molecule has 0 bridgehead atoms. The fourth-order valence-electron chi connectivity index (χ4n) is 2.49. The van der Waals surface area contributed by atoms with Gasteiger partial charge >= 0.3 is 0 Å². The van der Waals surface area contributed by atoms with E-state index in [4.69, 9.17) is 11.6 Å². The molecule has 0 saturated carbocycles. The van der Waals surface area contributed by atoms with Gasteiger partial charge in [-0.05, 0) is 18.4 Å². The number of hydrogen-bond donors (Lipinski definition) is 1. The van der Waals surface area contributed by atoms with Crippen LogP contribution in [0.1, 0.15) is 24.4 Å². The van der Waals surface area contributed by atoms with Gasteiger partial charge in [0.15, 0.2) is 0 Å². The van der Waals surface area contributed by atoms with Crippen molar-refractivity contribution in [1.82, 2.24) is 4.90 Å². The largest absolute Gasteiger partial charge is 0.394 e. The van der Waals surface area contributed by atoms with Crippen molar-refractivity contribution < 1.29 is 9.90 Å². The number of rotatable bonds is 4. The number of carbonyl (C=O) groups excluding carboxylic acids is 1. The minimum absolute atomic E-state index is 0.0508. The standard InChI is InChI=1S/C14H18ClNO2/c15-9-12-7-4-8-16(14(12)18)13(10-17)11-5-2-1-3-6-11/h1-3,5-6,12-13,17H,4,7-10H2/t12-,13+/m1/s1. The zero-order chi connectivity index (χ0) is 13.0. The number of likely N-dealkylation sites (tertiary alicyclic amines) is 1. The molecular weight excluding hydrogens is 250 g/mol. The monoisotopic (exact) mass is 267 g/mol. The summed E-state index contributed by atoms with van der Waals surface area (Å²) in [6, 6.07) is 9.41. The average molecular weight is 268 g/mol. The SMILES string of the molecule is O=C1[C@@H](CCl)CCCN1[C@@H](CO)c1ccccc1. The van der Waals surface area contributed by atoms with Crippen molar-refractivity contribution in [1.29, 1.82) is 0 Å². The van der Waals surface area contributed by atoms with Crippen molar-refractivity contribution in [3.63, 3.8) is 0 Å². The molecule has 1 fully saturated rings. The van der Waals surface area contributed by atoms with Crippen molar-refractivity contribution >= 4 is 17.5 Å². The molecule has 1 aliphatic heterocycles. The summed E-state index contributed by atoms with van der Waals surface area (Å²) in [5, 5.41) is 9.58. The summed E-state index contributed by atoms with van der Waals surface area (Å²) in [5.74, 6) is 0.333. The summed E-state index contributed by atoms with van der Waals surface area (Å²) in [7, 11) is 0. The van der Waals surface area contributed by atoms with Gasteiger partial charge in [-0.25, -0.2) is 0 Å². The van der Waals surface area contributed by atoms with Crippen LogP contribution in [-0.4, -0.2) is 34.9 Å². The zero-order valence-corrected chi connectivity index (χ0v) is 11.0. The third-order valence-electron chi connectivity index (χ3n) is 3.50. The number of aliphatic hydroxyl groups excluding tert-OH is 1. The van der Waals surface area contributed by atoms with Gasteiger partial charge in [0.1, 0.15) is 0 Å². The van der Waals surface area contributed by atoms with E-state index in [0.29, 0.717) is 12.4 Å². The number of alkyl halides is 1. The summed E-state index contributed by atoms with van der Waals surface area (Å²) in [6.07, 6.45) is 1.80. The summed E-state index contributed by atoms with van der Waals surface area (Å²) >= 11 is 5.82. The molecule has 1 amide bonds. The number of piperidine rings is 1. The first kappa shape index (κ1) is 13.4. The lowest BCUT2D eigenvalue weighted by atomic mass is 9.95. The zero-order valence-electron chi connectivity index (χ0n) is 10.3. The Balaban J connectivity index is 2.20. The minimum atomic E-state index is -0.246. The molecule has 3 nitrogen and oxygen atoms in total. The van der Waals surface area contributed by atoms with Crippen LogP contribution in [0.25, 0.3) is 0 Å². The van der Waals surface area contributed by atoms with E-state index in [1.54, 1.807) is 4.90 Å². The van der Waals surface area contributed by atoms with E-state index in [1.807, 2.05) is 30.3 Å². The van der Waals surface area contributed by atoms with Crippen LogP contribution >= 0.6 is 11.6 Å². The Bertz CT molecular complexity index is 396. The Hall–Kier alpha value is -1.06. The maximum absolute atomic E-state index is 12.3. The lowest BCUT2D eigenvalue weighted by molar-refractivity contribution is -0.141. The molecule has 0 aliphatic carbocycles. The third kappa shape index (κ3) is 2.68. The molecule has 0 radical (unpaired) electrons. The Morgan fingerprint density at radius 1 is 1.39 bits per heavy atom. The van der Waals surface area contributed by atoms with Crippen LogP contribution in [0.4, 0.5) is 0 Å². The van der Waals surface area contributed by atoms with Crippen molar-refractivity contribution in [3.05, 3.63) is 35.9 Å². The average Bonchev–Trinajstić information content (AvgIpc) is 2.43. The highest BCUT2D eigenvalue weighted by atomic mass is 35.5. The van der Waals surface area contributed by atoms with Gasteiger partial charge in [0, 0.05) is 12.4 Å². The number of hydrogen-bond acceptors (Lipinski definition) is 2. The Morgan fingerprint density at radius 3 is 2.72 bits per heavy atom. The summed E-state index contributed by atoms with van der Waals surface area (Å²) < 4.78 is 0. The lowest BCUT2D eigenvalue weighted by Crippen LogP contribution is -2.45. The summed E-state index contributed by atoms with van der Waals surface area (Å²) in [5.41, 5.74) is 0.976. The van der Waals surface area contributed by atoms with Gasteiger partial charge in [0.2, 0.25) is 5.91 Å². The number of aliphatic hydroxyl groups is 1. The maximum atomic E-state index is 12.3. The number of amides is 1. The fourth-order valence-corrected chi connectivity index (χ4v) is 2.77. The third-order valence-corrected chi connectivity index (χ3v) is 3.88. The second kappa shape index (κ2) is 6.21. The van der Waals surface area contributed by atoms with Crippen molar-refractivity contribution in [2.45, 2.75) is 18.9 Å². The van der Waals surface area contributed by atoms with Gasteiger partial charge in [-0.2, -0.15) is 0 Å². The van der Waals surface area contributed by atoms with E-state index >= 15 is 0 Å². The number of benzene rings is 1. The summed E-state index contributed by atoms with van der Waals surface area (Å²) in [6.45, 7) is 0.650. The smallest absolute Gasteiger partial charge is 0.227 e. The van der Waals surface area contributed by atoms with E-state index < -0.39 is 0 Å². The molecule has 0 unspecified atom stereocenters. The molecule has 1 aliphatic rings. The van der Waals surface area contributed by atoms with Crippen LogP contribution in [0.2, 0.25) is 0 Å². The Kier molecular flexibility index (Phi) is 4.61. The van der Waals surface area contributed by atoms with Gasteiger partial charge in [-0.15, -0.1) is 11.6 Å². The molecule has 1 heterocycles. The second-order valence-electron chi connectivity index (χ2n) is 4.63. The summed E-state index contributed by atoms with van der Waals surface area (Å²) in [4.78, 5) is 14.0. The first-order chi connectivity index (χ1) is 8.77. The molecule has 1 aromatic rings. The van der Waals surface area contributed by atoms with Crippen LogP contribution in [0.5, 0.6) is 0 Å². The van der Waals surface area contributed by atoms with E-state index in [2.05, 4.69) is 0 Å². The molecule has 98 valence electrons. The normalized spacial score (nSPS) is 22.0. The topological polar surface area (TPSA) is 40.5 Å². The van der Waals surface area contributed by atoms with Crippen LogP contribution in [0, 0.1) is 5.92 Å². The minimum Gasteiger partial charge on any atom is -0.394 e. The molecule has 0 spiro atoms. The van der Waals surface area contributed by atoms with Gasteiger partial charge in [-0.3, -0.25) is 4.79 Å². The predicted octanol–water partition coefficient (Wildman–Crippen LogP) is 2.20. The molecule has 1 saturated heterocycles. The van der Waals surface area contributed by atoms with Crippen LogP contribution in [-0.2, 0) is 4.79 Å². The molecule has 0 aromatic heterocycles. The lowest BCUT2D eigenvalue weighted by Gasteiger charge is -2.37. The van der Waals surface area contributed by atoms with Crippen molar-refractivity contribution in [3.8, 4) is 0 Å². The van der Waals surface area contributed by atoms with E-state index in [9.17, 15) is 9.90 Å². The highest BCUT2D eigenvalue weighted by Crippen LogP contribution is 2.28. The molecule has 1 N–H and O–H groups in total. The second-order valence-corrected chi connectivity index (χ2v) is 4.94. The highest BCUT2D eigenvalue weighted by molar-refractivity contribution is 6.19. The van der Waals surface area contributed by atoms with Gasteiger partial charge in [0.05, 0.1) is 18.6 Å². The first-order valence-corrected chi connectivity index (χ1v) is 6.83. The number of halogens is 1. The number of carbonyl (C=O) groups is 1. The molecule has 2 atom stereocenters. The van der Waals surface area contributed by atoms with Crippen molar-refractivity contribution in [2.75, 3.05) is 19.0 Å². The Labute approximate surface area is 112 Å². The number of nitrogens with zero attached hydrogens (tertiary/aromatic N) is 1. The first-order valence-electron chi connectivity index (χ1n) is 6.30. The highest BCUT2D eigenvalue weighted by Gasteiger charge is 2.32. The van der Waals surface area contributed by atoms with Gasteiger partial charge in [-0.1, -0.05) is 30.3 Å². The van der Waals surface area contributed by atoms with Gasteiger partial charge < -0.3 is 10.0 Å². The quantitative estimate of drug-likeness (QED) is 0.850. The molecule has 18 heavy (non-hydrogen) atoms. The van der Waals surface area contributed by atoms with E-state index in [1.165, 1.54) is 0 Å². The van der Waals surface area contributed by atoms with Crippen LogP contribution < -0.4 is 0 Å². The van der Waals surface area contributed by atoms with Crippen LogP contribution in [0.3, 0.4) is 0 Å². The molecule has 2 rings (SSSR count). The van der Waals surface area contributed by atoms with Crippen molar-refractivity contribution in [2.24, 2.45) is 5.92 Å². The van der Waals surface area contributed by atoms with E-state index in [0.717, 1.165) is 18.4 Å². The van der Waals surface area contributed by atoms with E-state index in [-0.39, 0.29) is 24.5 Å². The van der Waals surface area contributed by atoms with Crippen LogP contribution in [0.15, 0.2) is 30.3 Å². The fraction of sp³-hybridized carbons (Fsp3) is 0.500. The molecular formula is C14H18ClNO2. The molecule has 1 aromatic carbocycles. The molecule has 4 heteroatoms. The van der Waals surface area contributed by atoms with Gasteiger partial charge in [0.25, 0.3) is 0 Å². The Morgan fingerprint density at radius 2 is 2.11 bits per heavy atom.